The summed E-state index contributed by atoms with van der Waals surface area (Å²) in [6.07, 6.45) is 0.588. The highest BCUT2D eigenvalue weighted by Gasteiger charge is 2.44. The lowest BCUT2D eigenvalue weighted by atomic mass is 10.0. The second-order valence-electron chi connectivity index (χ2n) is 6.95. The van der Waals surface area contributed by atoms with Crippen molar-refractivity contribution >= 4 is 29.1 Å². The number of hydrogen-bond donors (Lipinski definition) is 2. The van der Waals surface area contributed by atoms with Gasteiger partial charge in [-0.25, -0.2) is 4.79 Å². The number of carbonyl (C=O) groups is 2. The Bertz CT molecular complexity index is 869. The van der Waals surface area contributed by atoms with Crippen molar-refractivity contribution in [2.45, 2.75) is 31.2 Å². The van der Waals surface area contributed by atoms with Crippen LogP contribution in [-0.4, -0.2) is 74.5 Å². The maximum atomic E-state index is 12.6. The summed E-state index contributed by atoms with van der Waals surface area (Å²) in [5.74, 6) is -2.39. The van der Waals surface area contributed by atoms with Gasteiger partial charge in [0.05, 0.1) is 24.4 Å². The number of rotatable bonds is 4. The van der Waals surface area contributed by atoms with Crippen LogP contribution in [0.25, 0.3) is 0 Å². The molecule has 168 valence electrons. The molecule has 3 atom stereocenters. The third kappa shape index (κ3) is 5.88. The van der Waals surface area contributed by atoms with Crippen LogP contribution in [0.5, 0.6) is 0 Å². The maximum absolute atomic E-state index is 12.6. The SMILES string of the molecule is O=C(O)C(F)(F)F.O=C(c1csnn1)N1CCOC2C(CNc3cccnc3)CCC21. The van der Waals surface area contributed by atoms with Crippen LogP contribution in [0, 0.1) is 5.92 Å². The first-order valence-corrected chi connectivity index (χ1v) is 10.2. The summed E-state index contributed by atoms with van der Waals surface area (Å²) in [5, 5.41) is 16.2. The van der Waals surface area contributed by atoms with E-state index in [-0.39, 0.29) is 18.1 Å². The first-order valence-electron chi connectivity index (χ1n) is 9.41. The van der Waals surface area contributed by atoms with Crippen LogP contribution >= 0.6 is 11.5 Å². The van der Waals surface area contributed by atoms with Crippen molar-refractivity contribution in [1.29, 1.82) is 0 Å². The van der Waals surface area contributed by atoms with Crippen molar-refractivity contribution in [2.75, 3.05) is 25.0 Å². The average molecular weight is 459 g/mol. The van der Waals surface area contributed by atoms with Gasteiger partial charge in [-0.3, -0.25) is 9.78 Å². The van der Waals surface area contributed by atoms with Crippen molar-refractivity contribution < 1.29 is 32.6 Å². The number of halogens is 3. The quantitative estimate of drug-likeness (QED) is 0.715. The Morgan fingerprint density at radius 2 is 2.13 bits per heavy atom. The minimum Gasteiger partial charge on any atom is -0.475 e. The number of pyridine rings is 1. The van der Waals surface area contributed by atoms with E-state index < -0.39 is 12.1 Å². The van der Waals surface area contributed by atoms with Crippen molar-refractivity contribution in [2.24, 2.45) is 5.92 Å². The summed E-state index contributed by atoms with van der Waals surface area (Å²) >= 11 is 1.21. The number of carboxylic acids is 1. The lowest BCUT2D eigenvalue weighted by Gasteiger charge is -2.39. The molecule has 2 fully saturated rings. The van der Waals surface area contributed by atoms with Gasteiger partial charge >= 0.3 is 12.1 Å². The Kier molecular flexibility index (Phi) is 7.38. The van der Waals surface area contributed by atoms with E-state index >= 15 is 0 Å². The molecule has 0 radical (unpaired) electrons. The highest BCUT2D eigenvalue weighted by Crippen LogP contribution is 2.35. The molecule has 2 aromatic rings. The molecular weight excluding hydrogens is 439 g/mol. The van der Waals surface area contributed by atoms with Gasteiger partial charge in [0.2, 0.25) is 0 Å². The molecule has 1 aliphatic carbocycles. The molecule has 13 heteroatoms. The van der Waals surface area contributed by atoms with E-state index in [0.29, 0.717) is 24.8 Å². The minimum absolute atomic E-state index is 0.0251. The molecule has 3 heterocycles. The molecule has 0 bridgehead atoms. The molecule has 3 unspecified atom stereocenters. The number of aromatic nitrogens is 3. The zero-order chi connectivity index (χ0) is 22.4. The Labute approximate surface area is 179 Å². The first-order chi connectivity index (χ1) is 14.8. The lowest BCUT2D eigenvalue weighted by Crippen LogP contribution is -2.53. The summed E-state index contributed by atoms with van der Waals surface area (Å²) in [5.41, 5.74) is 1.45. The van der Waals surface area contributed by atoms with Gasteiger partial charge in [0.25, 0.3) is 5.91 Å². The summed E-state index contributed by atoms with van der Waals surface area (Å²) in [6.45, 7) is 2.03. The molecule has 0 spiro atoms. The molecule has 0 aromatic carbocycles. The number of anilines is 1. The van der Waals surface area contributed by atoms with Gasteiger partial charge in [-0.05, 0) is 36.5 Å². The zero-order valence-electron chi connectivity index (χ0n) is 16.2. The molecule has 1 saturated carbocycles. The molecule has 9 nitrogen and oxygen atoms in total. The highest BCUT2D eigenvalue weighted by molar-refractivity contribution is 7.03. The topological polar surface area (TPSA) is 118 Å². The van der Waals surface area contributed by atoms with Gasteiger partial charge in [0.1, 0.15) is 0 Å². The molecule has 1 saturated heterocycles. The van der Waals surface area contributed by atoms with Crippen LogP contribution < -0.4 is 5.32 Å². The zero-order valence-corrected chi connectivity index (χ0v) is 17.0. The Hall–Kier alpha value is -2.80. The van der Waals surface area contributed by atoms with Crippen molar-refractivity contribution in [3.05, 3.63) is 35.6 Å². The van der Waals surface area contributed by atoms with Gasteiger partial charge in [-0.15, -0.1) is 5.10 Å². The van der Waals surface area contributed by atoms with Gasteiger partial charge in [0, 0.05) is 36.8 Å². The van der Waals surface area contributed by atoms with E-state index in [1.165, 1.54) is 11.5 Å². The van der Waals surface area contributed by atoms with Crippen LogP contribution in [0.3, 0.4) is 0 Å². The number of morpholine rings is 1. The van der Waals surface area contributed by atoms with Crippen molar-refractivity contribution in [3.8, 4) is 0 Å². The molecule has 2 aromatic heterocycles. The third-order valence-corrected chi connectivity index (χ3v) is 5.54. The number of nitrogens with zero attached hydrogens (tertiary/aromatic N) is 4. The number of fused-ring (bicyclic) bond motifs is 1. The monoisotopic (exact) mass is 459 g/mol. The maximum Gasteiger partial charge on any atom is 0.490 e. The van der Waals surface area contributed by atoms with E-state index in [1.54, 1.807) is 11.6 Å². The predicted molar refractivity (Wildman–Crippen MR) is 104 cm³/mol. The third-order valence-electron chi connectivity index (χ3n) is 5.03. The van der Waals surface area contributed by atoms with Crippen LogP contribution in [-0.2, 0) is 9.53 Å². The molecule has 31 heavy (non-hydrogen) atoms. The molecule has 4 rings (SSSR count). The van der Waals surface area contributed by atoms with Gasteiger partial charge < -0.3 is 20.1 Å². The molecule has 1 amide bonds. The number of carboxylic acid groups (broad SMARTS) is 1. The predicted octanol–water partition coefficient (Wildman–Crippen LogP) is 2.30. The number of amides is 1. The van der Waals surface area contributed by atoms with Crippen LogP contribution in [0.2, 0.25) is 0 Å². The number of aliphatic carboxylic acids is 1. The molecule has 2 N–H and O–H groups in total. The Morgan fingerprint density at radius 1 is 1.35 bits per heavy atom. The van der Waals surface area contributed by atoms with E-state index in [4.69, 9.17) is 14.6 Å². The second kappa shape index (κ2) is 10.0. The summed E-state index contributed by atoms with van der Waals surface area (Å²) in [7, 11) is 0. The van der Waals surface area contributed by atoms with E-state index in [9.17, 15) is 18.0 Å². The fraction of sp³-hybridized carbons (Fsp3) is 0.500. The molecule has 2 aliphatic rings. The smallest absolute Gasteiger partial charge is 0.475 e. The average Bonchev–Trinajstić information content (AvgIpc) is 3.42. The second-order valence-corrected chi connectivity index (χ2v) is 7.56. The highest BCUT2D eigenvalue weighted by atomic mass is 32.1. The number of carbonyl (C=O) groups excluding carboxylic acids is 1. The van der Waals surface area contributed by atoms with Crippen molar-refractivity contribution in [3.63, 3.8) is 0 Å². The summed E-state index contributed by atoms with van der Waals surface area (Å²) in [6, 6.07) is 4.06. The molecular formula is C18H20F3N5O4S. The van der Waals surface area contributed by atoms with Gasteiger partial charge in [-0.2, -0.15) is 13.2 Å². The number of alkyl halides is 3. The van der Waals surface area contributed by atoms with Crippen LogP contribution in [0.15, 0.2) is 29.9 Å². The molecule has 1 aliphatic heterocycles. The lowest BCUT2D eigenvalue weighted by molar-refractivity contribution is -0.192. The van der Waals surface area contributed by atoms with Crippen molar-refractivity contribution in [1.82, 2.24) is 19.5 Å². The fourth-order valence-corrected chi connectivity index (χ4v) is 4.08. The standard InChI is InChI=1S/C16H19N5O2S.C2HF3O2/c22-16(13-10-24-20-19-13)21-6-7-23-15-11(3-4-14(15)21)8-18-12-2-1-5-17-9-12;3-2(4,5)1(6)7/h1-2,5,9-11,14-15,18H,3-4,6-8H2;(H,6,7). The number of ether oxygens (including phenoxy) is 1. The van der Waals surface area contributed by atoms with Crippen LogP contribution in [0.1, 0.15) is 23.3 Å². The summed E-state index contributed by atoms with van der Waals surface area (Å²) in [4.78, 5) is 27.6. The van der Waals surface area contributed by atoms with Crippen LogP contribution in [0.4, 0.5) is 18.9 Å². The van der Waals surface area contributed by atoms with E-state index in [0.717, 1.165) is 25.1 Å². The number of nitrogens with one attached hydrogen (secondary N) is 1. The first kappa shape index (κ1) is 22.9. The fourth-order valence-electron chi connectivity index (χ4n) is 3.65. The van der Waals surface area contributed by atoms with E-state index in [1.807, 2.05) is 23.2 Å². The minimum atomic E-state index is -5.08. The Balaban J connectivity index is 0.000000339. The normalized spacial score (nSPS) is 22.8. The largest absolute Gasteiger partial charge is 0.490 e. The van der Waals surface area contributed by atoms with Gasteiger partial charge in [-0.1, -0.05) is 4.49 Å². The Morgan fingerprint density at radius 3 is 2.74 bits per heavy atom. The summed E-state index contributed by atoms with van der Waals surface area (Å²) < 4.78 is 41.6. The van der Waals surface area contributed by atoms with Gasteiger partial charge in [0.15, 0.2) is 5.69 Å². The number of hydrogen-bond acceptors (Lipinski definition) is 8. The van der Waals surface area contributed by atoms with E-state index in [2.05, 4.69) is 19.9 Å².